The van der Waals surface area contributed by atoms with Gasteiger partial charge in [-0.15, -0.1) is 0 Å². The Morgan fingerprint density at radius 3 is 1.71 bits per heavy atom. The van der Waals surface area contributed by atoms with Crippen LogP contribution in [-0.4, -0.2) is 37.2 Å². The van der Waals surface area contributed by atoms with Gasteiger partial charge in [0.15, 0.2) is 0 Å². The van der Waals surface area contributed by atoms with Crippen molar-refractivity contribution in [3.8, 4) is 11.1 Å². The summed E-state index contributed by atoms with van der Waals surface area (Å²) in [5.74, 6) is 0. The third-order valence-corrected chi connectivity index (χ3v) is 8.17. The highest BCUT2D eigenvalue weighted by atomic mass is 15.3. The predicted octanol–water partition coefficient (Wildman–Crippen LogP) is 6.72. The average Bonchev–Trinajstić information content (AvgIpc) is 3.65. The van der Waals surface area contributed by atoms with E-state index in [1.807, 2.05) is 0 Å². The minimum Gasteiger partial charge on any atom is -0.361 e. The number of nitrogens with zero attached hydrogens (tertiary/aromatic N) is 4. The molecule has 0 N–H and O–H groups in total. The second kappa shape index (κ2) is 8.56. The molecule has 0 spiro atoms. The third kappa shape index (κ3) is 3.37. The molecule has 0 saturated carbocycles. The Bertz CT molecular complexity index is 1530. The van der Waals surface area contributed by atoms with Crippen LogP contribution < -0.4 is 9.80 Å². The smallest absolute Gasteiger partial charge is 0.0938 e. The molecule has 4 heteroatoms. The predicted molar refractivity (Wildman–Crippen MR) is 157 cm³/mol. The quantitative estimate of drug-likeness (QED) is 0.274. The molecule has 0 amide bonds. The van der Waals surface area contributed by atoms with Gasteiger partial charge in [-0.05, 0) is 64.6 Å². The second-order valence-electron chi connectivity index (χ2n) is 10.8. The third-order valence-electron chi connectivity index (χ3n) is 8.17. The maximum absolute atomic E-state index is 2.39. The summed E-state index contributed by atoms with van der Waals surface area (Å²) in [6, 6.07) is 34.3. The Balaban J connectivity index is 1.50. The molecular weight excluding hydrogens is 464 g/mol. The van der Waals surface area contributed by atoms with Crippen molar-refractivity contribution in [3.05, 3.63) is 144 Å². The minimum absolute atomic E-state index is 0.420. The zero-order chi connectivity index (χ0) is 25.9. The fraction of sp³-hybridized carbons (Fsp3) is 0.176. The van der Waals surface area contributed by atoms with Crippen LogP contribution in [0.25, 0.3) is 11.1 Å². The topological polar surface area (TPSA) is 13.0 Å². The highest BCUT2D eigenvalue weighted by Crippen LogP contribution is 2.56. The SMILES string of the molecule is Cc1ccc2c(c1)-c1ccccc1C2(c1cccc(N2C=CN(C)C2)c1)c1cccc(N2C=CN(C)C2)c1. The molecule has 7 rings (SSSR count). The summed E-state index contributed by atoms with van der Waals surface area (Å²) in [5, 5.41) is 0. The monoisotopic (exact) mass is 496 g/mol. The van der Waals surface area contributed by atoms with Crippen molar-refractivity contribution >= 4 is 11.4 Å². The second-order valence-corrected chi connectivity index (χ2v) is 10.8. The number of hydrogen-bond donors (Lipinski definition) is 0. The molecule has 4 nitrogen and oxygen atoms in total. The lowest BCUT2D eigenvalue weighted by Gasteiger charge is -2.35. The van der Waals surface area contributed by atoms with Crippen molar-refractivity contribution in [2.45, 2.75) is 12.3 Å². The van der Waals surface area contributed by atoms with Gasteiger partial charge in [-0.3, -0.25) is 0 Å². The molecule has 4 aromatic carbocycles. The van der Waals surface area contributed by atoms with Gasteiger partial charge in [0.25, 0.3) is 0 Å². The van der Waals surface area contributed by atoms with Crippen LogP contribution in [0.4, 0.5) is 11.4 Å². The van der Waals surface area contributed by atoms with Crippen molar-refractivity contribution in [2.75, 3.05) is 37.2 Å². The summed E-state index contributed by atoms with van der Waals surface area (Å²) < 4.78 is 0. The van der Waals surface area contributed by atoms with Crippen LogP contribution in [0.2, 0.25) is 0 Å². The fourth-order valence-corrected chi connectivity index (χ4v) is 6.42. The summed E-state index contributed by atoms with van der Waals surface area (Å²) in [4.78, 5) is 9.04. The summed E-state index contributed by atoms with van der Waals surface area (Å²) >= 11 is 0. The number of hydrogen-bond acceptors (Lipinski definition) is 4. The molecule has 0 bridgehead atoms. The molecule has 0 unspecified atom stereocenters. The molecule has 2 heterocycles. The van der Waals surface area contributed by atoms with Gasteiger partial charge in [-0.25, -0.2) is 0 Å². The number of rotatable bonds is 4. The molecule has 2 aliphatic heterocycles. The molecule has 188 valence electrons. The van der Waals surface area contributed by atoms with Crippen LogP contribution in [0, 0.1) is 6.92 Å². The highest BCUT2D eigenvalue weighted by Gasteiger charge is 2.46. The van der Waals surface area contributed by atoms with Gasteiger partial charge in [0, 0.05) is 50.3 Å². The molecule has 0 atom stereocenters. The fourth-order valence-electron chi connectivity index (χ4n) is 6.42. The maximum Gasteiger partial charge on any atom is 0.0938 e. The number of aryl methyl sites for hydroxylation is 1. The summed E-state index contributed by atoms with van der Waals surface area (Å²) in [5.41, 5.74) is 11.2. The van der Waals surface area contributed by atoms with E-state index in [4.69, 9.17) is 0 Å². The van der Waals surface area contributed by atoms with E-state index < -0.39 is 5.41 Å². The van der Waals surface area contributed by atoms with E-state index in [2.05, 4.69) is 156 Å². The van der Waals surface area contributed by atoms with Crippen LogP contribution in [0.3, 0.4) is 0 Å². The van der Waals surface area contributed by atoms with Crippen LogP contribution >= 0.6 is 0 Å². The van der Waals surface area contributed by atoms with Crippen molar-refractivity contribution in [3.63, 3.8) is 0 Å². The van der Waals surface area contributed by atoms with Gasteiger partial charge in [0.1, 0.15) is 0 Å². The zero-order valence-electron chi connectivity index (χ0n) is 22.2. The van der Waals surface area contributed by atoms with Gasteiger partial charge >= 0.3 is 0 Å². The van der Waals surface area contributed by atoms with Gasteiger partial charge in [-0.2, -0.15) is 0 Å². The van der Waals surface area contributed by atoms with E-state index in [1.54, 1.807) is 0 Å². The van der Waals surface area contributed by atoms with E-state index in [9.17, 15) is 0 Å². The molecule has 3 aliphatic rings. The van der Waals surface area contributed by atoms with Crippen molar-refractivity contribution in [1.82, 2.24) is 9.80 Å². The standard InChI is InChI=1S/C34H32N4/c1-25-14-15-33-31(20-25)30-12-4-5-13-32(30)34(33,26-8-6-10-28(21-26)37-18-16-35(2)23-37)27-9-7-11-29(22-27)38-19-17-36(3)24-38/h4-22H,23-24H2,1-3H3. The lowest BCUT2D eigenvalue weighted by Crippen LogP contribution is -2.30. The lowest BCUT2D eigenvalue weighted by molar-refractivity contribution is 0.495. The molecule has 1 aliphatic carbocycles. The Morgan fingerprint density at radius 2 is 1.13 bits per heavy atom. The summed E-state index contributed by atoms with van der Waals surface area (Å²) in [7, 11) is 4.23. The largest absolute Gasteiger partial charge is 0.361 e. The van der Waals surface area contributed by atoms with Crippen LogP contribution in [0.1, 0.15) is 27.8 Å². The Morgan fingerprint density at radius 1 is 0.553 bits per heavy atom. The first-order chi connectivity index (χ1) is 18.5. The number of benzene rings is 4. The first kappa shape index (κ1) is 22.7. The van der Waals surface area contributed by atoms with E-state index in [0.29, 0.717) is 0 Å². The number of anilines is 2. The number of fused-ring (bicyclic) bond motifs is 3. The first-order valence-electron chi connectivity index (χ1n) is 13.3. The van der Waals surface area contributed by atoms with Crippen molar-refractivity contribution in [2.24, 2.45) is 0 Å². The molecular formula is C34H32N4. The van der Waals surface area contributed by atoms with E-state index >= 15 is 0 Å². The lowest BCUT2D eigenvalue weighted by atomic mass is 9.67. The highest BCUT2D eigenvalue weighted by molar-refractivity contribution is 5.87. The van der Waals surface area contributed by atoms with Crippen molar-refractivity contribution < 1.29 is 0 Å². The van der Waals surface area contributed by atoms with Gasteiger partial charge in [0.05, 0.1) is 18.8 Å². The Labute approximate surface area is 225 Å². The normalized spacial score (nSPS) is 16.9. The van der Waals surface area contributed by atoms with Crippen LogP contribution in [0.5, 0.6) is 0 Å². The molecule has 0 saturated heterocycles. The van der Waals surface area contributed by atoms with Crippen LogP contribution in [-0.2, 0) is 5.41 Å². The minimum atomic E-state index is -0.420. The van der Waals surface area contributed by atoms with Crippen molar-refractivity contribution in [1.29, 1.82) is 0 Å². The average molecular weight is 497 g/mol. The zero-order valence-corrected chi connectivity index (χ0v) is 22.2. The van der Waals surface area contributed by atoms with E-state index in [-0.39, 0.29) is 0 Å². The van der Waals surface area contributed by atoms with Gasteiger partial charge in [0.2, 0.25) is 0 Å². The summed E-state index contributed by atoms with van der Waals surface area (Å²) in [6.45, 7) is 3.90. The van der Waals surface area contributed by atoms with E-state index in [0.717, 1.165) is 13.3 Å². The Kier molecular flexibility index (Phi) is 5.12. The molecule has 0 aromatic heterocycles. The first-order valence-corrected chi connectivity index (χ1v) is 13.3. The van der Waals surface area contributed by atoms with E-state index in [1.165, 1.54) is 50.3 Å². The van der Waals surface area contributed by atoms with Gasteiger partial charge < -0.3 is 19.6 Å². The summed E-state index contributed by atoms with van der Waals surface area (Å²) in [6.07, 6.45) is 8.61. The Hall–Kier alpha value is -4.44. The molecule has 4 aromatic rings. The van der Waals surface area contributed by atoms with Crippen LogP contribution in [0.15, 0.2) is 116 Å². The molecule has 0 radical (unpaired) electrons. The van der Waals surface area contributed by atoms with Gasteiger partial charge in [-0.1, -0.05) is 72.3 Å². The molecule has 0 fully saturated rings. The maximum atomic E-state index is 2.39. The molecule has 38 heavy (non-hydrogen) atoms.